The largest absolute Gasteiger partial charge is 0.423 e. The number of ketones is 1. The molecule has 0 spiro atoms. The van der Waals surface area contributed by atoms with E-state index in [4.69, 9.17) is 51.1 Å². The van der Waals surface area contributed by atoms with Gasteiger partial charge in [0.05, 0.1) is 32.5 Å². The summed E-state index contributed by atoms with van der Waals surface area (Å²) in [6.45, 7) is 1.26. The van der Waals surface area contributed by atoms with E-state index in [-0.39, 0.29) is 37.5 Å². The van der Waals surface area contributed by atoms with Gasteiger partial charge < -0.3 is 4.74 Å². The van der Waals surface area contributed by atoms with E-state index in [1.165, 1.54) is 60.7 Å². The second-order valence-electron chi connectivity index (χ2n) is 10.1. The van der Waals surface area contributed by atoms with Gasteiger partial charge >= 0.3 is 5.97 Å². The Morgan fingerprint density at radius 3 is 2.19 bits per heavy atom. The van der Waals surface area contributed by atoms with Crippen molar-refractivity contribution in [1.82, 2.24) is 10.0 Å². The Labute approximate surface area is 266 Å². The molecule has 0 unspecified atom stereocenters. The van der Waals surface area contributed by atoms with Crippen molar-refractivity contribution in [2.24, 2.45) is 11.8 Å². The Kier molecular flexibility index (Phi) is 8.94. The van der Waals surface area contributed by atoms with Crippen LogP contribution >= 0.6 is 46.4 Å². The van der Waals surface area contributed by atoms with Gasteiger partial charge in [-0.1, -0.05) is 58.1 Å². The number of hydrogen-bond donors (Lipinski definition) is 0. The van der Waals surface area contributed by atoms with Crippen LogP contribution in [0.1, 0.15) is 50.8 Å². The van der Waals surface area contributed by atoms with Crippen LogP contribution in [0.5, 0.6) is 5.75 Å². The third-order valence-corrected chi connectivity index (χ3v) is 8.56. The van der Waals surface area contributed by atoms with Gasteiger partial charge in [-0.05, 0) is 80.4 Å². The Morgan fingerprint density at radius 2 is 1.51 bits per heavy atom. The molecule has 5 rings (SSSR count). The van der Waals surface area contributed by atoms with E-state index in [0.29, 0.717) is 17.9 Å². The number of Topliss-reactive ketones (excluding diaryl/α,β-unsaturated/α-hetero) is 1. The number of carbonyl (C=O) groups excluding carboxylic acids is 5. The highest BCUT2D eigenvalue weighted by molar-refractivity contribution is 6.42. The molecule has 0 saturated carbocycles. The Morgan fingerprint density at radius 1 is 0.837 bits per heavy atom. The molecule has 1 aliphatic carbocycles. The SMILES string of the molecule is CC1=CC[C@@H]2C(=O)N(N(CC(=O)c3ccc(OC(=O)c4ccc(Cl)cc4Cl)cc3)C(=O)c3ccc(Cl)c(Cl)c3)C(=O)[C@H]2C1. The summed E-state index contributed by atoms with van der Waals surface area (Å²) in [6.07, 6.45) is 2.65. The summed E-state index contributed by atoms with van der Waals surface area (Å²) in [4.78, 5) is 66.6. The first-order chi connectivity index (χ1) is 20.4. The zero-order valence-corrected chi connectivity index (χ0v) is 25.5. The highest BCUT2D eigenvalue weighted by Gasteiger charge is 2.51. The number of amides is 3. The van der Waals surface area contributed by atoms with Gasteiger partial charge in [0.1, 0.15) is 12.3 Å². The predicted octanol–water partition coefficient (Wildman–Crippen LogP) is 7.10. The lowest BCUT2D eigenvalue weighted by atomic mass is 9.82. The van der Waals surface area contributed by atoms with Crippen LogP contribution in [0.15, 0.2) is 72.3 Å². The first kappa shape index (κ1) is 30.8. The Hall–Kier alpha value is -3.69. The lowest BCUT2D eigenvalue weighted by molar-refractivity contribution is -0.154. The van der Waals surface area contributed by atoms with Crippen LogP contribution in [0.25, 0.3) is 0 Å². The number of allylic oxidation sites excluding steroid dienone is 2. The molecule has 2 aliphatic rings. The maximum absolute atomic E-state index is 13.7. The molecular formula is C31H22Cl4N2O6. The Bertz CT molecular complexity index is 1700. The fourth-order valence-corrected chi connectivity index (χ4v) is 5.81. The smallest absolute Gasteiger partial charge is 0.345 e. The number of fused-ring (bicyclic) bond motifs is 1. The van der Waals surface area contributed by atoms with Gasteiger partial charge in [0.2, 0.25) is 0 Å². The summed E-state index contributed by atoms with van der Waals surface area (Å²) < 4.78 is 5.36. The summed E-state index contributed by atoms with van der Waals surface area (Å²) in [7, 11) is 0. The van der Waals surface area contributed by atoms with E-state index in [1.807, 2.05) is 13.0 Å². The van der Waals surface area contributed by atoms with Gasteiger partial charge in [0.25, 0.3) is 17.7 Å². The first-order valence-corrected chi connectivity index (χ1v) is 14.6. The Balaban J connectivity index is 1.39. The van der Waals surface area contributed by atoms with Crippen LogP contribution in [0, 0.1) is 11.8 Å². The van der Waals surface area contributed by atoms with Crippen molar-refractivity contribution < 1.29 is 28.7 Å². The van der Waals surface area contributed by atoms with E-state index < -0.39 is 47.9 Å². The average Bonchev–Trinajstić information content (AvgIpc) is 3.21. The van der Waals surface area contributed by atoms with E-state index in [0.717, 1.165) is 15.6 Å². The van der Waals surface area contributed by atoms with Gasteiger partial charge in [0.15, 0.2) is 5.78 Å². The fourth-order valence-electron chi connectivity index (χ4n) is 5.02. The highest BCUT2D eigenvalue weighted by atomic mass is 35.5. The molecule has 12 heteroatoms. The van der Waals surface area contributed by atoms with Crippen LogP contribution in [0.3, 0.4) is 0 Å². The zero-order chi connectivity index (χ0) is 31.0. The van der Waals surface area contributed by atoms with E-state index in [9.17, 15) is 24.0 Å². The third-order valence-electron chi connectivity index (χ3n) is 7.27. The number of hydrogen-bond acceptors (Lipinski definition) is 6. The normalized spacial score (nSPS) is 17.8. The number of ether oxygens (including phenoxy) is 1. The summed E-state index contributed by atoms with van der Waals surface area (Å²) in [5.74, 6) is -4.29. The average molecular weight is 660 g/mol. The van der Waals surface area contributed by atoms with E-state index in [2.05, 4.69) is 0 Å². The number of hydrazine groups is 1. The van der Waals surface area contributed by atoms with Crippen LogP contribution in [-0.2, 0) is 9.59 Å². The monoisotopic (exact) mass is 658 g/mol. The minimum absolute atomic E-state index is 0.0371. The van der Waals surface area contributed by atoms with Gasteiger partial charge in [-0.15, -0.1) is 0 Å². The van der Waals surface area contributed by atoms with Crippen molar-refractivity contribution in [3.05, 3.63) is 109 Å². The van der Waals surface area contributed by atoms with Gasteiger partial charge in [-0.2, -0.15) is 5.01 Å². The van der Waals surface area contributed by atoms with Crippen LogP contribution in [0.2, 0.25) is 20.1 Å². The van der Waals surface area contributed by atoms with Crippen LogP contribution in [-0.4, -0.2) is 46.0 Å². The number of nitrogens with zero attached hydrogens (tertiary/aromatic N) is 2. The van der Waals surface area contributed by atoms with Crippen LogP contribution < -0.4 is 4.74 Å². The fraction of sp³-hybridized carbons (Fsp3) is 0.194. The lowest BCUT2D eigenvalue weighted by Gasteiger charge is -2.30. The molecule has 0 N–H and O–H groups in total. The number of esters is 1. The van der Waals surface area contributed by atoms with E-state index >= 15 is 0 Å². The topological polar surface area (TPSA) is 101 Å². The van der Waals surface area contributed by atoms with Gasteiger partial charge in [-0.3, -0.25) is 19.2 Å². The number of rotatable bonds is 7. The van der Waals surface area contributed by atoms with Crippen molar-refractivity contribution in [2.45, 2.75) is 19.8 Å². The summed E-state index contributed by atoms with van der Waals surface area (Å²) in [5, 5.41) is 2.43. The van der Waals surface area contributed by atoms with Crippen molar-refractivity contribution >= 4 is 75.9 Å². The predicted molar refractivity (Wildman–Crippen MR) is 162 cm³/mol. The quantitative estimate of drug-likeness (QED) is 0.0882. The molecule has 3 aromatic carbocycles. The van der Waals surface area contributed by atoms with Crippen molar-refractivity contribution in [2.75, 3.05) is 6.54 Å². The second kappa shape index (κ2) is 12.5. The molecule has 8 nitrogen and oxygen atoms in total. The van der Waals surface area contributed by atoms with Crippen molar-refractivity contribution in [3.8, 4) is 5.75 Å². The van der Waals surface area contributed by atoms with Gasteiger partial charge in [-0.25, -0.2) is 9.80 Å². The molecule has 1 saturated heterocycles. The molecule has 220 valence electrons. The molecular weight excluding hydrogens is 638 g/mol. The molecule has 0 radical (unpaired) electrons. The maximum Gasteiger partial charge on any atom is 0.345 e. The molecule has 3 aromatic rings. The van der Waals surface area contributed by atoms with Gasteiger partial charge in [0, 0.05) is 16.1 Å². The molecule has 43 heavy (non-hydrogen) atoms. The standard InChI is InChI=1S/C31H22Cl4N2O6/c1-16-2-9-21-23(12-16)30(41)37(29(21)40)36(28(39)18-5-11-24(33)26(35)13-18)15-27(38)17-3-7-20(8-4-17)43-31(42)22-10-6-19(32)14-25(22)34/h2-8,10-11,13-14,21,23H,9,12,15H2,1H3/t21-,23-/m0/s1. The number of imide groups is 1. The molecule has 0 bridgehead atoms. The summed E-state index contributed by atoms with van der Waals surface area (Å²) >= 11 is 24.1. The number of halogens is 4. The van der Waals surface area contributed by atoms with Crippen molar-refractivity contribution in [3.63, 3.8) is 0 Å². The highest BCUT2D eigenvalue weighted by Crippen LogP contribution is 2.39. The third kappa shape index (κ3) is 6.33. The zero-order valence-electron chi connectivity index (χ0n) is 22.5. The molecule has 2 atom stereocenters. The van der Waals surface area contributed by atoms with Crippen molar-refractivity contribution in [1.29, 1.82) is 0 Å². The van der Waals surface area contributed by atoms with Crippen LogP contribution in [0.4, 0.5) is 0 Å². The first-order valence-electron chi connectivity index (χ1n) is 13.1. The maximum atomic E-state index is 13.7. The minimum atomic E-state index is -0.776. The molecule has 0 aromatic heterocycles. The number of carbonyl (C=O) groups is 5. The lowest BCUT2D eigenvalue weighted by Crippen LogP contribution is -2.52. The minimum Gasteiger partial charge on any atom is -0.423 e. The summed E-state index contributed by atoms with van der Waals surface area (Å²) in [6, 6.07) is 14.1. The molecule has 3 amide bonds. The second-order valence-corrected chi connectivity index (χ2v) is 11.8. The van der Waals surface area contributed by atoms with E-state index in [1.54, 1.807) is 0 Å². The number of benzene rings is 3. The molecule has 1 heterocycles. The molecule has 1 fully saturated rings. The molecule has 1 aliphatic heterocycles. The summed E-state index contributed by atoms with van der Waals surface area (Å²) in [5.41, 5.74) is 1.26.